The van der Waals surface area contributed by atoms with Crippen LogP contribution in [0.15, 0.2) is 0 Å². The van der Waals surface area contributed by atoms with E-state index in [1.54, 1.807) is 0 Å². The third-order valence-corrected chi connectivity index (χ3v) is 5.33. The van der Waals surface area contributed by atoms with Gasteiger partial charge in [-0.25, -0.2) is 0 Å². The van der Waals surface area contributed by atoms with E-state index >= 15 is 0 Å². The van der Waals surface area contributed by atoms with Gasteiger partial charge in [0.05, 0.1) is 0 Å². The normalized spacial score (nSPS) is 14.5. The van der Waals surface area contributed by atoms with Gasteiger partial charge < -0.3 is 10.2 Å². The van der Waals surface area contributed by atoms with Crippen molar-refractivity contribution in [1.29, 1.82) is 0 Å². The molecule has 0 radical (unpaired) electrons. The van der Waals surface area contributed by atoms with Crippen molar-refractivity contribution >= 4 is 8.32 Å². The zero-order valence-electron chi connectivity index (χ0n) is 9.60. The Morgan fingerprint density at radius 2 is 1.92 bits per heavy atom. The molecule has 0 aliphatic rings. The van der Waals surface area contributed by atoms with Crippen LogP contribution in [0.4, 0.5) is 0 Å². The quantitative estimate of drug-likeness (QED) is 0.510. The van der Waals surface area contributed by atoms with Crippen molar-refractivity contribution in [2.75, 3.05) is 13.7 Å². The lowest BCUT2D eigenvalue weighted by molar-refractivity contribution is 0.388. The van der Waals surface area contributed by atoms with E-state index in [-0.39, 0.29) is 0 Å². The minimum absolute atomic E-state index is 0.799. The molecule has 0 aromatic heterocycles. The minimum Gasteiger partial charge on any atom is -0.420 e. The fourth-order valence-corrected chi connectivity index (χ4v) is 3.71. The molecule has 0 aliphatic carbocycles. The SMILES string of the molecule is CO[Si](C)(C)CC(C)CCCCN. The van der Waals surface area contributed by atoms with Gasteiger partial charge in [0.1, 0.15) is 0 Å². The second-order valence-electron chi connectivity index (χ2n) is 4.56. The summed E-state index contributed by atoms with van der Waals surface area (Å²) in [6.07, 6.45) is 3.74. The first kappa shape index (κ1) is 13.1. The zero-order chi connectivity index (χ0) is 10.3. The van der Waals surface area contributed by atoms with Crippen molar-refractivity contribution < 1.29 is 4.43 Å². The summed E-state index contributed by atoms with van der Waals surface area (Å²) in [7, 11) is 0.514. The second-order valence-corrected chi connectivity index (χ2v) is 8.89. The molecule has 13 heavy (non-hydrogen) atoms. The highest BCUT2D eigenvalue weighted by atomic mass is 28.4. The van der Waals surface area contributed by atoms with Gasteiger partial charge in [-0.3, -0.25) is 0 Å². The van der Waals surface area contributed by atoms with Crippen molar-refractivity contribution in [3.8, 4) is 0 Å². The first-order chi connectivity index (χ1) is 6.02. The molecule has 1 unspecified atom stereocenters. The first-order valence-corrected chi connectivity index (χ1v) is 8.38. The lowest BCUT2D eigenvalue weighted by atomic mass is 10.1. The van der Waals surface area contributed by atoms with Gasteiger partial charge in [-0.2, -0.15) is 0 Å². The Kier molecular flexibility index (Phi) is 6.64. The third kappa shape index (κ3) is 7.23. The van der Waals surface area contributed by atoms with Gasteiger partial charge in [-0.05, 0) is 38.0 Å². The van der Waals surface area contributed by atoms with Crippen molar-refractivity contribution in [1.82, 2.24) is 0 Å². The van der Waals surface area contributed by atoms with Gasteiger partial charge in [0.15, 0.2) is 8.32 Å². The molecule has 0 saturated heterocycles. The van der Waals surface area contributed by atoms with Crippen LogP contribution in [0.2, 0.25) is 19.1 Å². The molecule has 0 spiro atoms. The van der Waals surface area contributed by atoms with Crippen molar-refractivity contribution in [3.05, 3.63) is 0 Å². The van der Waals surface area contributed by atoms with Gasteiger partial charge in [0, 0.05) is 7.11 Å². The molecule has 0 heterocycles. The van der Waals surface area contributed by atoms with E-state index in [1.807, 2.05) is 7.11 Å². The van der Waals surface area contributed by atoms with E-state index in [0.29, 0.717) is 0 Å². The molecule has 0 saturated carbocycles. The van der Waals surface area contributed by atoms with Gasteiger partial charge in [0.25, 0.3) is 0 Å². The van der Waals surface area contributed by atoms with Crippen LogP contribution in [0.25, 0.3) is 0 Å². The van der Waals surface area contributed by atoms with Crippen LogP contribution < -0.4 is 5.73 Å². The number of hydrogen-bond acceptors (Lipinski definition) is 2. The summed E-state index contributed by atoms with van der Waals surface area (Å²) in [6.45, 7) is 7.72. The molecule has 80 valence electrons. The highest BCUT2D eigenvalue weighted by Gasteiger charge is 2.23. The Morgan fingerprint density at radius 3 is 2.38 bits per heavy atom. The van der Waals surface area contributed by atoms with E-state index in [0.717, 1.165) is 12.5 Å². The Balaban J connectivity index is 3.55. The molecule has 0 bridgehead atoms. The van der Waals surface area contributed by atoms with Crippen LogP contribution in [0.3, 0.4) is 0 Å². The summed E-state index contributed by atoms with van der Waals surface area (Å²) >= 11 is 0. The van der Waals surface area contributed by atoms with Gasteiger partial charge in [-0.15, -0.1) is 0 Å². The molecule has 0 aliphatic heterocycles. The van der Waals surface area contributed by atoms with Crippen LogP contribution in [-0.4, -0.2) is 22.0 Å². The monoisotopic (exact) mass is 203 g/mol. The van der Waals surface area contributed by atoms with Crippen molar-refractivity contribution in [2.45, 2.75) is 45.3 Å². The van der Waals surface area contributed by atoms with Crippen LogP contribution in [0.1, 0.15) is 26.2 Å². The van der Waals surface area contributed by atoms with Crippen LogP contribution in [-0.2, 0) is 4.43 Å². The van der Waals surface area contributed by atoms with E-state index in [1.165, 1.54) is 25.3 Å². The predicted octanol–water partition coefficient (Wildman–Crippen LogP) is 2.60. The molecule has 0 aromatic rings. The number of nitrogens with two attached hydrogens (primary N) is 1. The fraction of sp³-hybridized carbons (Fsp3) is 1.00. The Labute approximate surface area is 84.0 Å². The second kappa shape index (κ2) is 6.57. The first-order valence-electron chi connectivity index (χ1n) is 5.27. The maximum Gasteiger partial charge on any atom is 0.186 e. The van der Waals surface area contributed by atoms with E-state index in [4.69, 9.17) is 10.2 Å². The largest absolute Gasteiger partial charge is 0.420 e. The molecular formula is C10H25NOSi. The standard InChI is InChI=1S/C10H25NOSi/c1-10(7-5-6-8-11)9-13(3,4)12-2/h10H,5-9,11H2,1-4H3. The van der Waals surface area contributed by atoms with Crippen LogP contribution >= 0.6 is 0 Å². The molecule has 0 aromatic carbocycles. The molecule has 0 rings (SSSR count). The number of unbranched alkanes of at least 4 members (excludes halogenated alkanes) is 1. The molecular weight excluding hydrogens is 178 g/mol. The Bertz CT molecular complexity index is 128. The summed E-state index contributed by atoms with van der Waals surface area (Å²) in [5.41, 5.74) is 5.45. The van der Waals surface area contributed by atoms with E-state index < -0.39 is 8.32 Å². The summed E-state index contributed by atoms with van der Waals surface area (Å²) in [5.74, 6) is 0.799. The summed E-state index contributed by atoms with van der Waals surface area (Å²) < 4.78 is 5.53. The molecule has 0 amide bonds. The Morgan fingerprint density at radius 1 is 1.31 bits per heavy atom. The average Bonchev–Trinajstić information content (AvgIpc) is 2.04. The third-order valence-electron chi connectivity index (χ3n) is 2.54. The molecule has 1 atom stereocenters. The lowest BCUT2D eigenvalue weighted by Crippen LogP contribution is -2.30. The topological polar surface area (TPSA) is 35.2 Å². The fourth-order valence-electron chi connectivity index (χ4n) is 1.66. The molecule has 3 heteroatoms. The average molecular weight is 203 g/mol. The summed E-state index contributed by atoms with van der Waals surface area (Å²) in [5, 5.41) is 0. The lowest BCUT2D eigenvalue weighted by Gasteiger charge is -2.23. The van der Waals surface area contributed by atoms with Crippen molar-refractivity contribution in [2.24, 2.45) is 11.7 Å². The summed E-state index contributed by atoms with van der Waals surface area (Å²) in [6, 6.07) is 1.27. The van der Waals surface area contributed by atoms with Crippen molar-refractivity contribution in [3.63, 3.8) is 0 Å². The molecule has 2 N–H and O–H groups in total. The number of hydrogen-bond donors (Lipinski definition) is 1. The van der Waals surface area contributed by atoms with Crippen LogP contribution in [0.5, 0.6) is 0 Å². The van der Waals surface area contributed by atoms with Gasteiger partial charge in [0.2, 0.25) is 0 Å². The Hall–Kier alpha value is 0.137. The van der Waals surface area contributed by atoms with Gasteiger partial charge in [-0.1, -0.05) is 19.8 Å². The molecule has 0 fully saturated rings. The minimum atomic E-state index is -1.33. The predicted molar refractivity (Wildman–Crippen MR) is 61.4 cm³/mol. The van der Waals surface area contributed by atoms with E-state index in [2.05, 4.69) is 20.0 Å². The number of rotatable bonds is 7. The molecule has 2 nitrogen and oxygen atoms in total. The smallest absolute Gasteiger partial charge is 0.186 e. The van der Waals surface area contributed by atoms with E-state index in [9.17, 15) is 0 Å². The highest BCUT2D eigenvalue weighted by molar-refractivity contribution is 6.71. The van der Waals surface area contributed by atoms with Crippen LogP contribution in [0, 0.1) is 5.92 Å². The van der Waals surface area contributed by atoms with Gasteiger partial charge >= 0.3 is 0 Å². The highest BCUT2D eigenvalue weighted by Crippen LogP contribution is 2.21. The zero-order valence-corrected chi connectivity index (χ0v) is 10.6. The summed E-state index contributed by atoms with van der Waals surface area (Å²) in [4.78, 5) is 0. The maximum atomic E-state index is 5.53. The maximum absolute atomic E-state index is 5.53.